The van der Waals surface area contributed by atoms with Crippen LogP contribution in [0.3, 0.4) is 0 Å². The zero-order valence-electron chi connectivity index (χ0n) is 21.3. The molecule has 0 atom stereocenters. The second-order valence-corrected chi connectivity index (χ2v) is 8.89. The Balaban J connectivity index is 1.17. The molecule has 0 spiro atoms. The maximum atomic E-state index is 12.4. The van der Waals surface area contributed by atoms with Crippen LogP contribution in [-0.4, -0.2) is 11.8 Å². The monoisotopic (exact) mass is 530 g/mol. The molecule has 6 N–H and O–H groups in total. The highest BCUT2D eigenvalue weighted by atomic mass is 16.5. The predicted octanol–water partition coefficient (Wildman–Crippen LogP) is 6.94. The fourth-order valence-corrected chi connectivity index (χ4v) is 3.85. The quantitative estimate of drug-likeness (QED) is 0.161. The Hall–Kier alpha value is -5.76. The summed E-state index contributed by atoms with van der Waals surface area (Å²) in [6.45, 7) is 0. The first kappa shape index (κ1) is 25.9. The highest BCUT2D eigenvalue weighted by molar-refractivity contribution is 6.05. The van der Waals surface area contributed by atoms with Gasteiger partial charge >= 0.3 is 0 Å². The van der Waals surface area contributed by atoms with Crippen LogP contribution in [0.15, 0.2) is 121 Å². The molecule has 0 saturated carbocycles. The number of anilines is 4. The molecule has 0 radical (unpaired) electrons. The highest BCUT2D eigenvalue weighted by Gasteiger charge is 2.09. The smallest absolute Gasteiger partial charge is 0.255 e. The predicted molar refractivity (Wildman–Crippen MR) is 157 cm³/mol. The van der Waals surface area contributed by atoms with Crippen molar-refractivity contribution in [2.45, 2.75) is 0 Å². The maximum Gasteiger partial charge on any atom is 0.255 e. The minimum atomic E-state index is -0.248. The minimum Gasteiger partial charge on any atom is -0.457 e. The van der Waals surface area contributed by atoms with Gasteiger partial charge in [-0.3, -0.25) is 9.59 Å². The van der Waals surface area contributed by atoms with E-state index in [1.165, 1.54) is 0 Å². The molecule has 0 bridgehead atoms. The highest BCUT2D eigenvalue weighted by Crippen LogP contribution is 2.29. The molecule has 40 heavy (non-hydrogen) atoms. The molecule has 0 aliphatic heterocycles. The van der Waals surface area contributed by atoms with Crippen LogP contribution in [0.4, 0.5) is 22.7 Å². The van der Waals surface area contributed by atoms with Crippen molar-refractivity contribution < 1.29 is 19.1 Å². The number of benzene rings is 5. The normalized spacial score (nSPS) is 10.4. The van der Waals surface area contributed by atoms with E-state index in [9.17, 15) is 9.59 Å². The molecule has 8 heteroatoms. The Labute approximate surface area is 231 Å². The van der Waals surface area contributed by atoms with Crippen LogP contribution in [-0.2, 0) is 0 Å². The number of ether oxygens (including phenoxy) is 2. The Morgan fingerprint density at radius 3 is 1.27 bits per heavy atom. The molecule has 0 aliphatic carbocycles. The van der Waals surface area contributed by atoms with Crippen molar-refractivity contribution in [3.63, 3.8) is 0 Å². The second kappa shape index (κ2) is 11.7. The zero-order chi connectivity index (χ0) is 27.9. The molecule has 8 nitrogen and oxygen atoms in total. The summed E-state index contributed by atoms with van der Waals surface area (Å²) in [5.41, 5.74) is 14.8. The van der Waals surface area contributed by atoms with Gasteiger partial charge in [-0.15, -0.1) is 0 Å². The van der Waals surface area contributed by atoms with E-state index in [1.807, 2.05) is 18.2 Å². The van der Waals surface area contributed by atoms with Gasteiger partial charge in [0.05, 0.1) is 0 Å². The molecule has 0 aromatic heterocycles. The summed E-state index contributed by atoms with van der Waals surface area (Å²) in [5, 5.41) is 5.68. The molecule has 5 rings (SSSR count). The van der Waals surface area contributed by atoms with Crippen LogP contribution in [0.25, 0.3) is 0 Å². The van der Waals surface area contributed by atoms with Crippen LogP contribution < -0.4 is 31.6 Å². The molecule has 0 heterocycles. The molecular weight excluding hydrogens is 504 g/mol. The summed E-state index contributed by atoms with van der Waals surface area (Å²) in [6.07, 6.45) is 0. The van der Waals surface area contributed by atoms with Gasteiger partial charge in [0.25, 0.3) is 11.8 Å². The van der Waals surface area contributed by atoms with E-state index in [4.69, 9.17) is 20.9 Å². The number of hydrogen-bond donors (Lipinski definition) is 4. The van der Waals surface area contributed by atoms with Crippen LogP contribution in [0.2, 0.25) is 0 Å². The summed E-state index contributed by atoms with van der Waals surface area (Å²) in [5.74, 6) is 1.86. The first-order valence-electron chi connectivity index (χ1n) is 12.4. The SMILES string of the molecule is Nc1cccc(C(=O)Nc2ccc(Oc3cccc(Oc4ccc(NC(=O)c5cccc(N)c5)cc4)c3)cc2)c1. The molecule has 0 unspecified atom stereocenters. The zero-order valence-corrected chi connectivity index (χ0v) is 21.3. The maximum absolute atomic E-state index is 12.4. The van der Waals surface area contributed by atoms with E-state index in [0.717, 1.165) is 0 Å². The van der Waals surface area contributed by atoms with Gasteiger partial charge in [-0.05, 0) is 97.1 Å². The van der Waals surface area contributed by atoms with Crippen molar-refractivity contribution in [1.29, 1.82) is 0 Å². The second-order valence-electron chi connectivity index (χ2n) is 8.89. The topological polar surface area (TPSA) is 129 Å². The lowest BCUT2D eigenvalue weighted by molar-refractivity contribution is 0.101. The van der Waals surface area contributed by atoms with Crippen molar-refractivity contribution in [3.05, 3.63) is 132 Å². The van der Waals surface area contributed by atoms with Crippen molar-refractivity contribution in [3.8, 4) is 23.0 Å². The van der Waals surface area contributed by atoms with Crippen LogP contribution >= 0.6 is 0 Å². The summed E-state index contributed by atoms with van der Waals surface area (Å²) in [6, 6.07) is 34.9. The summed E-state index contributed by atoms with van der Waals surface area (Å²) in [7, 11) is 0. The number of nitrogen functional groups attached to an aromatic ring is 2. The average Bonchev–Trinajstić information content (AvgIpc) is 2.95. The molecule has 5 aromatic rings. The van der Waals surface area contributed by atoms with Gasteiger partial charge in [0, 0.05) is 39.9 Å². The van der Waals surface area contributed by atoms with Gasteiger partial charge in [0.15, 0.2) is 0 Å². The molecule has 0 aliphatic rings. The van der Waals surface area contributed by atoms with E-state index >= 15 is 0 Å². The third-order valence-corrected chi connectivity index (χ3v) is 5.80. The Morgan fingerprint density at radius 1 is 0.475 bits per heavy atom. The van der Waals surface area contributed by atoms with Crippen LogP contribution in [0.5, 0.6) is 23.0 Å². The number of rotatable bonds is 8. The lowest BCUT2D eigenvalue weighted by Crippen LogP contribution is -2.11. The van der Waals surface area contributed by atoms with E-state index in [2.05, 4.69) is 10.6 Å². The number of amides is 2. The third kappa shape index (κ3) is 6.76. The van der Waals surface area contributed by atoms with Crippen LogP contribution in [0.1, 0.15) is 20.7 Å². The van der Waals surface area contributed by atoms with Gasteiger partial charge in [-0.1, -0.05) is 18.2 Å². The van der Waals surface area contributed by atoms with Gasteiger partial charge in [-0.2, -0.15) is 0 Å². The molecule has 198 valence electrons. The number of hydrogen-bond acceptors (Lipinski definition) is 6. The number of carbonyl (C=O) groups is 2. The van der Waals surface area contributed by atoms with E-state index in [1.54, 1.807) is 103 Å². The van der Waals surface area contributed by atoms with E-state index in [0.29, 0.717) is 56.9 Å². The Morgan fingerprint density at radius 2 is 0.875 bits per heavy atom. The summed E-state index contributed by atoms with van der Waals surface area (Å²) in [4.78, 5) is 24.9. The summed E-state index contributed by atoms with van der Waals surface area (Å²) < 4.78 is 11.9. The molecular formula is C32H26N4O4. The minimum absolute atomic E-state index is 0.248. The lowest BCUT2D eigenvalue weighted by atomic mass is 10.2. The largest absolute Gasteiger partial charge is 0.457 e. The van der Waals surface area contributed by atoms with E-state index in [-0.39, 0.29) is 11.8 Å². The van der Waals surface area contributed by atoms with Gasteiger partial charge in [0.2, 0.25) is 0 Å². The van der Waals surface area contributed by atoms with Crippen molar-refractivity contribution in [2.24, 2.45) is 0 Å². The fourth-order valence-electron chi connectivity index (χ4n) is 3.85. The molecule has 0 fully saturated rings. The molecule has 5 aromatic carbocycles. The number of carbonyl (C=O) groups excluding carboxylic acids is 2. The first-order chi connectivity index (χ1) is 19.4. The van der Waals surface area contributed by atoms with E-state index < -0.39 is 0 Å². The lowest BCUT2D eigenvalue weighted by Gasteiger charge is -2.11. The molecule has 2 amide bonds. The van der Waals surface area contributed by atoms with Crippen molar-refractivity contribution >= 4 is 34.6 Å². The molecule has 0 saturated heterocycles. The Kier molecular flexibility index (Phi) is 7.60. The van der Waals surface area contributed by atoms with Gasteiger partial charge in [0.1, 0.15) is 23.0 Å². The van der Waals surface area contributed by atoms with Crippen molar-refractivity contribution in [1.82, 2.24) is 0 Å². The third-order valence-electron chi connectivity index (χ3n) is 5.80. The van der Waals surface area contributed by atoms with Crippen molar-refractivity contribution in [2.75, 3.05) is 22.1 Å². The number of nitrogens with two attached hydrogens (primary N) is 2. The Bertz CT molecular complexity index is 1530. The summed E-state index contributed by atoms with van der Waals surface area (Å²) >= 11 is 0. The average molecular weight is 531 g/mol. The fraction of sp³-hybridized carbons (Fsp3) is 0. The van der Waals surface area contributed by atoms with Gasteiger partial charge in [-0.25, -0.2) is 0 Å². The van der Waals surface area contributed by atoms with Crippen LogP contribution in [0, 0.1) is 0 Å². The van der Waals surface area contributed by atoms with Gasteiger partial charge < -0.3 is 31.6 Å². The standard InChI is InChI=1S/C32H26N4O4/c33-23-6-1-4-21(18-23)31(37)35-25-10-14-27(15-11-25)39-29-8-3-9-30(20-29)40-28-16-12-26(13-17-28)36-32(38)22-5-2-7-24(34)19-22/h1-20H,33-34H2,(H,35,37)(H,36,38). The number of nitrogens with one attached hydrogen (secondary N) is 2. The first-order valence-corrected chi connectivity index (χ1v) is 12.4.